The molecule has 0 unspecified atom stereocenters. The standard InChI is InChI=1S/C32H40ClN3O4S/c1-5-6-20-34-32(38)30(21-25-12-8-7-9-13-25)35(22-27-14-10-11-15-29(27)33)31(37)23-36(41(4,39)40)28-18-16-26(17-19-28)24(2)3/h7-19,24,30H,5-6,20-23H2,1-4H3,(H,34,38)/t30-/m1/s1. The number of rotatable bonds is 14. The van der Waals surface area contributed by atoms with Crippen molar-refractivity contribution in [3.05, 3.63) is 101 Å². The first-order chi connectivity index (χ1) is 19.5. The lowest BCUT2D eigenvalue weighted by atomic mass is 10.0. The molecule has 0 fully saturated rings. The first kappa shape index (κ1) is 32.2. The molecule has 1 atom stereocenters. The Labute approximate surface area is 249 Å². The molecule has 3 aromatic rings. The molecule has 3 aromatic carbocycles. The zero-order valence-corrected chi connectivity index (χ0v) is 25.8. The third kappa shape index (κ3) is 9.33. The number of anilines is 1. The largest absolute Gasteiger partial charge is 0.354 e. The fourth-order valence-electron chi connectivity index (χ4n) is 4.51. The van der Waals surface area contributed by atoms with Crippen molar-refractivity contribution in [3.8, 4) is 0 Å². The maximum Gasteiger partial charge on any atom is 0.244 e. The van der Waals surface area contributed by atoms with Crippen LogP contribution in [0.5, 0.6) is 0 Å². The summed E-state index contributed by atoms with van der Waals surface area (Å²) in [4.78, 5) is 29.2. The summed E-state index contributed by atoms with van der Waals surface area (Å²) in [5.74, 6) is -0.529. The van der Waals surface area contributed by atoms with Crippen molar-refractivity contribution in [1.29, 1.82) is 0 Å². The maximum absolute atomic E-state index is 14.1. The van der Waals surface area contributed by atoms with Crippen molar-refractivity contribution in [2.75, 3.05) is 23.7 Å². The molecule has 7 nitrogen and oxygen atoms in total. The Kier molecular flexibility index (Phi) is 11.8. The van der Waals surface area contributed by atoms with E-state index in [0.717, 1.165) is 34.5 Å². The third-order valence-corrected chi connectivity index (χ3v) is 8.44. The maximum atomic E-state index is 14.1. The summed E-state index contributed by atoms with van der Waals surface area (Å²) in [5.41, 5.74) is 2.98. The van der Waals surface area contributed by atoms with E-state index in [4.69, 9.17) is 11.6 Å². The molecule has 220 valence electrons. The number of sulfonamides is 1. The fourth-order valence-corrected chi connectivity index (χ4v) is 5.55. The summed E-state index contributed by atoms with van der Waals surface area (Å²) < 4.78 is 27.0. The number of carbonyl (C=O) groups is 2. The van der Waals surface area contributed by atoms with Gasteiger partial charge in [0.1, 0.15) is 12.6 Å². The Morgan fingerprint density at radius 2 is 1.56 bits per heavy atom. The van der Waals surface area contributed by atoms with Crippen LogP contribution < -0.4 is 9.62 Å². The van der Waals surface area contributed by atoms with Crippen LogP contribution >= 0.6 is 11.6 Å². The van der Waals surface area contributed by atoms with E-state index in [-0.39, 0.29) is 24.8 Å². The number of halogens is 1. The lowest BCUT2D eigenvalue weighted by molar-refractivity contribution is -0.140. The Morgan fingerprint density at radius 1 is 0.927 bits per heavy atom. The lowest BCUT2D eigenvalue weighted by Crippen LogP contribution is -2.53. The van der Waals surface area contributed by atoms with Gasteiger partial charge in [-0.2, -0.15) is 0 Å². The van der Waals surface area contributed by atoms with Crippen LogP contribution in [0.25, 0.3) is 0 Å². The Bertz CT molecular complexity index is 1400. The first-order valence-electron chi connectivity index (χ1n) is 13.9. The van der Waals surface area contributed by atoms with Gasteiger partial charge in [-0.15, -0.1) is 0 Å². The fraction of sp³-hybridized carbons (Fsp3) is 0.375. The molecule has 0 radical (unpaired) electrons. The van der Waals surface area contributed by atoms with Crippen LogP contribution in [0.15, 0.2) is 78.9 Å². The van der Waals surface area contributed by atoms with Gasteiger partial charge in [0, 0.05) is 24.5 Å². The van der Waals surface area contributed by atoms with Gasteiger partial charge in [-0.3, -0.25) is 13.9 Å². The van der Waals surface area contributed by atoms with E-state index in [0.29, 0.717) is 22.8 Å². The number of carbonyl (C=O) groups excluding carboxylic acids is 2. The zero-order chi connectivity index (χ0) is 30.0. The SMILES string of the molecule is CCCCNC(=O)[C@@H](Cc1ccccc1)N(Cc1ccccc1Cl)C(=O)CN(c1ccc(C(C)C)cc1)S(C)(=O)=O. The van der Waals surface area contributed by atoms with Gasteiger partial charge in [0.2, 0.25) is 21.8 Å². The monoisotopic (exact) mass is 597 g/mol. The Hall–Kier alpha value is -3.36. The average Bonchev–Trinajstić information content (AvgIpc) is 2.94. The van der Waals surface area contributed by atoms with Gasteiger partial charge < -0.3 is 10.2 Å². The number of nitrogens with zero attached hydrogens (tertiary/aromatic N) is 2. The molecule has 0 aliphatic heterocycles. The summed E-state index contributed by atoms with van der Waals surface area (Å²) in [7, 11) is -3.82. The second-order valence-corrected chi connectivity index (χ2v) is 12.8. The highest BCUT2D eigenvalue weighted by Gasteiger charge is 2.33. The minimum atomic E-state index is -3.82. The first-order valence-corrected chi connectivity index (χ1v) is 16.2. The molecule has 0 bridgehead atoms. The summed E-state index contributed by atoms with van der Waals surface area (Å²) in [6.07, 6.45) is 3.05. The molecule has 1 N–H and O–H groups in total. The predicted octanol–water partition coefficient (Wildman–Crippen LogP) is 5.79. The van der Waals surface area contributed by atoms with Crippen molar-refractivity contribution < 1.29 is 18.0 Å². The van der Waals surface area contributed by atoms with Crippen LogP contribution in [0.2, 0.25) is 5.02 Å². The number of unbranched alkanes of at least 4 members (excludes halogenated alkanes) is 1. The minimum Gasteiger partial charge on any atom is -0.354 e. The number of nitrogens with one attached hydrogen (secondary N) is 1. The molecular formula is C32H40ClN3O4S. The molecule has 0 saturated carbocycles. The second-order valence-electron chi connectivity index (χ2n) is 10.5. The molecule has 41 heavy (non-hydrogen) atoms. The third-order valence-electron chi connectivity index (χ3n) is 6.93. The van der Waals surface area contributed by atoms with E-state index in [1.807, 2.05) is 55.5 Å². The quantitative estimate of drug-likeness (QED) is 0.238. The topological polar surface area (TPSA) is 86.8 Å². The van der Waals surface area contributed by atoms with Crippen LogP contribution in [0, 0.1) is 0 Å². The van der Waals surface area contributed by atoms with Gasteiger partial charge in [-0.05, 0) is 47.2 Å². The van der Waals surface area contributed by atoms with Crippen molar-refractivity contribution in [2.45, 2.75) is 58.5 Å². The summed E-state index contributed by atoms with van der Waals surface area (Å²) >= 11 is 6.49. The van der Waals surface area contributed by atoms with Crippen LogP contribution in [-0.4, -0.2) is 50.5 Å². The molecule has 0 spiro atoms. The smallest absolute Gasteiger partial charge is 0.244 e. The van der Waals surface area contributed by atoms with Crippen LogP contribution in [0.1, 0.15) is 56.2 Å². The highest BCUT2D eigenvalue weighted by molar-refractivity contribution is 7.92. The number of hydrogen-bond donors (Lipinski definition) is 1. The number of hydrogen-bond acceptors (Lipinski definition) is 4. The molecule has 3 rings (SSSR count). The van der Waals surface area contributed by atoms with E-state index in [9.17, 15) is 18.0 Å². The Balaban J connectivity index is 2.03. The van der Waals surface area contributed by atoms with Crippen LogP contribution in [-0.2, 0) is 32.6 Å². The molecule has 2 amide bonds. The molecular weight excluding hydrogens is 558 g/mol. The van der Waals surface area contributed by atoms with Gasteiger partial charge in [0.15, 0.2) is 0 Å². The van der Waals surface area contributed by atoms with Crippen molar-refractivity contribution >= 4 is 39.1 Å². The van der Waals surface area contributed by atoms with Gasteiger partial charge in [-0.25, -0.2) is 8.42 Å². The van der Waals surface area contributed by atoms with Crippen molar-refractivity contribution in [1.82, 2.24) is 10.2 Å². The van der Waals surface area contributed by atoms with E-state index in [1.54, 1.807) is 30.3 Å². The van der Waals surface area contributed by atoms with E-state index < -0.39 is 28.5 Å². The molecule has 0 aromatic heterocycles. The minimum absolute atomic E-state index is 0.0428. The highest BCUT2D eigenvalue weighted by Crippen LogP contribution is 2.24. The van der Waals surface area contributed by atoms with Gasteiger partial charge >= 0.3 is 0 Å². The van der Waals surface area contributed by atoms with E-state index in [1.165, 1.54) is 4.90 Å². The molecule has 0 aliphatic carbocycles. The van der Waals surface area contributed by atoms with E-state index in [2.05, 4.69) is 19.2 Å². The molecule has 0 aliphatic rings. The van der Waals surface area contributed by atoms with Crippen LogP contribution in [0.3, 0.4) is 0 Å². The highest BCUT2D eigenvalue weighted by atomic mass is 35.5. The normalized spacial score (nSPS) is 12.1. The van der Waals surface area contributed by atoms with Crippen molar-refractivity contribution in [2.24, 2.45) is 0 Å². The number of benzene rings is 3. The second kappa shape index (κ2) is 15.0. The van der Waals surface area contributed by atoms with Gasteiger partial charge in [0.05, 0.1) is 11.9 Å². The van der Waals surface area contributed by atoms with Crippen LogP contribution in [0.4, 0.5) is 5.69 Å². The Morgan fingerprint density at radius 3 is 2.15 bits per heavy atom. The summed E-state index contributed by atoms with van der Waals surface area (Å²) in [6, 6.07) is 22.9. The van der Waals surface area contributed by atoms with Gasteiger partial charge in [0.25, 0.3) is 0 Å². The lowest BCUT2D eigenvalue weighted by Gasteiger charge is -2.33. The number of amides is 2. The summed E-state index contributed by atoms with van der Waals surface area (Å²) in [5, 5.41) is 3.43. The molecule has 0 saturated heterocycles. The average molecular weight is 598 g/mol. The molecule has 0 heterocycles. The zero-order valence-electron chi connectivity index (χ0n) is 24.2. The predicted molar refractivity (Wildman–Crippen MR) is 167 cm³/mol. The summed E-state index contributed by atoms with van der Waals surface area (Å²) in [6.45, 7) is 6.20. The van der Waals surface area contributed by atoms with Crippen molar-refractivity contribution in [3.63, 3.8) is 0 Å². The molecule has 9 heteroatoms. The van der Waals surface area contributed by atoms with Gasteiger partial charge in [-0.1, -0.05) is 99.5 Å². The van der Waals surface area contributed by atoms with E-state index >= 15 is 0 Å².